The number of pyridine rings is 2. The molecule has 10 nitrogen and oxygen atoms in total. The molecular formula is C40H40N8O2S3+2. The maximum Gasteiger partial charge on any atom is 0.206 e. The van der Waals surface area contributed by atoms with Gasteiger partial charge in [0.15, 0.2) is 35.4 Å². The van der Waals surface area contributed by atoms with Gasteiger partial charge in [-0.15, -0.1) is 0 Å². The van der Waals surface area contributed by atoms with Gasteiger partial charge >= 0.3 is 0 Å². The highest BCUT2D eigenvalue weighted by Gasteiger charge is 2.23. The van der Waals surface area contributed by atoms with Gasteiger partial charge in [-0.05, 0) is 84.3 Å². The molecule has 8 rings (SSSR count). The summed E-state index contributed by atoms with van der Waals surface area (Å²) in [6, 6.07) is 24.8. The summed E-state index contributed by atoms with van der Waals surface area (Å²) in [5, 5.41) is 0. The highest BCUT2D eigenvalue weighted by atomic mass is 33.5. The molecule has 6 aromatic heterocycles. The van der Waals surface area contributed by atoms with Crippen LogP contribution in [-0.4, -0.2) is 43.3 Å². The second-order valence-electron chi connectivity index (χ2n) is 12.7. The van der Waals surface area contributed by atoms with Crippen LogP contribution in [0.1, 0.15) is 34.2 Å². The first-order valence-corrected chi connectivity index (χ1v) is 21.1. The van der Waals surface area contributed by atoms with Crippen LogP contribution < -0.4 is 18.6 Å². The fourth-order valence-electron chi connectivity index (χ4n) is 6.68. The first-order chi connectivity index (χ1) is 26.0. The summed E-state index contributed by atoms with van der Waals surface area (Å²) < 4.78 is 20.2. The Kier molecular flexibility index (Phi) is 10.2. The Labute approximate surface area is 319 Å². The predicted molar refractivity (Wildman–Crippen MR) is 215 cm³/mol. The van der Waals surface area contributed by atoms with E-state index < -0.39 is 0 Å². The molecule has 0 aliphatic heterocycles. The molecule has 6 heterocycles. The fraction of sp³-hybridized carbons (Fsp3) is 0.200. The topological polar surface area (TPSA) is 93.4 Å². The van der Waals surface area contributed by atoms with Gasteiger partial charge in [0.2, 0.25) is 13.1 Å². The Balaban J connectivity index is 0.953. The zero-order valence-corrected chi connectivity index (χ0v) is 32.4. The van der Waals surface area contributed by atoms with Crippen LogP contribution in [0.15, 0.2) is 110 Å². The molecule has 0 saturated heterocycles. The Morgan fingerprint density at radius 3 is 1.47 bits per heavy atom. The van der Waals surface area contributed by atoms with Crippen molar-refractivity contribution in [2.24, 2.45) is 0 Å². The van der Waals surface area contributed by atoms with Crippen LogP contribution in [-0.2, 0) is 24.6 Å². The number of nitrogens with one attached hydrogen (secondary N) is 2. The van der Waals surface area contributed by atoms with Crippen LogP contribution >= 0.6 is 31.4 Å². The minimum Gasteiger partial charge on any atom is -0.496 e. The van der Waals surface area contributed by atoms with Gasteiger partial charge in [0.05, 0.1) is 58.9 Å². The van der Waals surface area contributed by atoms with Crippen molar-refractivity contribution in [3.63, 3.8) is 0 Å². The van der Waals surface area contributed by atoms with Gasteiger partial charge in [-0.25, -0.2) is 9.97 Å². The van der Waals surface area contributed by atoms with E-state index in [1.165, 1.54) is 11.4 Å². The van der Waals surface area contributed by atoms with Gasteiger partial charge in [0.25, 0.3) is 0 Å². The average Bonchev–Trinajstić information content (AvgIpc) is 4.00. The van der Waals surface area contributed by atoms with E-state index in [1.807, 2.05) is 82.8 Å². The van der Waals surface area contributed by atoms with Crippen molar-refractivity contribution in [3.8, 4) is 22.9 Å². The Bertz CT molecular complexity index is 2330. The van der Waals surface area contributed by atoms with E-state index in [-0.39, 0.29) is 0 Å². The second kappa shape index (κ2) is 15.5. The zero-order valence-electron chi connectivity index (χ0n) is 29.9. The average molecular weight is 761 g/mol. The predicted octanol–water partition coefficient (Wildman–Crippen LogP) is 8.06. The number of H-pyrrole nitrogens is 2. The second-order valence-corrected chi connectivity index (χ2v) is 16.9. The smallest absolute Gasteiger partial charge is 0.206 e. The fourth-order valence-corrected chi connectivity index (χ4v) is 10.5. The molecule has 0 spiro atoms. The molecule has 2 aromatic carbocycles. The number of hydrogen-bond acceptors (Lipinski definition) is 7. The number of fused-ring (bicyclic) bond motifs is 2. The summed E-state index contributed by atoms with van der Waals surface area (Å²) in [6.07, 6.45) is 12.4. The molecular weight excluding hydrogens is 721 g/mol. The minimum absolute atomic E-state index is 0.629. The van der Waals surface area contributed by atoms with E-state index >= 15 is 0 Å². The highest BCUT2D eigenvalue weighted by molar-refractivity contribution is 9.09. The normalized spacial score (nSPS) is 11.5. The summed E-state index contributed by atoms with van der Waals surface area (Å²) in [7, 11) is 8.91. The quantitative estimate of drug-likeness (QED) is 0.0659. The van der Waals surface area contributed by atoms with E-state index in [0.717, 1.165) is 79.2 Å². The summed E-state index contributed by atoms with van der Waals surface area (Å²) in [6.45, 7) is 5.52. The Morgan fingerprint density at radius 2 is 1.06 bits per heavy atom. The van der Waals surface area contributed by atoms with Gasteiger partial charge in [0.1, 0.15) is 11.5 Å². The van der Waals surface area contributed by atoms with E-state index in [9.17, 15) is 0 Å². The monoisotopic (exact) mass is 760 g/mol. The maximum atomic E-state index is 5.73. The minimum atomic E-state index is 0.629. The first kappa shape index (κ1) is 34.9. The number of rotatable bonds is 14. The van der Waals surface area contributed by atoms with Crippen LogP contribution in [0.5, 0.6) is 11.5 Å². The third-order valence-electron chi connectivity index (χ3n) is 9.51. The van der Waals surface area contributed by atoms with Gasteiger partial charge in [-0.3, -0.25) is 0 Å². The number of hydrogen-bond donors (Lipinski definition) is 2. The number of nitrogens with zero attached hydrogens (tertiary/aromatic N) is 6. The summed E-state index contributed by atoms with van der Waals surface area (Å²) in [5.41, 5.74) is 10.8. The van der Waals surface area contributed by atoms with Crippen molar-refractivity contribution in [2.45, 2.75) is 38.4 Å². The van der Waals surface area contributed by atoms with Crippen LogP contribution in [0.2, 0.25) is 0 Å². The van der Waals surface area contributed by atoms with Crippen LogP contribution in [0.4, 0.5) is 0 Å². The van der Waals surface area contributed by atoms with Crippen molar-refractivity contribution in [1.82, 2.24) is 29.1 Å². The van der Waals surface area contributed by atoms with Crippen LogP contribution in [0, 0.1) is 13.8 Å². The number of imidazole rings is 2. The molecule has 53 heavy (non-hydrogen) atoms. The van der Waals surface area contributed by atoms with Gasteiger partial charge in [-0.1, -0.05) is 21.6 Å². The van der Waals surface area contributed by atoms with E-state index in [1.54, 1.807) is 24.0 Å². The van der Waals surface area contributed by atoms with Crippen molar-refractivity contribution < 1.29 is 18.6 Å². The molecule has 0 amide bonds. The van der Waals surface area contributed by atoms with Gasteiger partial charge < -0.3 is 28.6 Å². The number of aromatic nitrogens is 8. The van der Waals surface area contributed by atoms with Gasteiger partial charge in [-0.2, -0.15) is 9.13 Å². The van der Waals surface area contributed by atoms with Crippen molar-refractivity contribution >= 4 is 53.5 Å². The van der Waals surface area contributed by atoms with E-state index in [0.29, 0.717) is 13.1 Å². The SMILES string of the molecule is COc1cc[n+](Cc2nc3ccc(-n4cccc4)cc3[nH]2)c(CSSSCc2c(C)c(OC)cc[n+]2Cc2nc3ccc(-n4cccc4)cc3[nH]2)c1C. The summed E-state index contributed by atoms with van der Waals surface area (Å²) >= 11 is 0. The lowest BCUT2D eigenvalue weighted by molar-refractivity contribution is -0.696. The molecule has 268 valence electrons. The van der Waals surface area contributed by atoms with Crippen LogP contribution in [0.25, 0.3) is 33.4 Å². The standard InChI is InChI=1S/C40H40N8O2S3/c1-27-35(47(19-13-37(27)49-3)23-39-41-31-11-9-29(21-33(31)43-39)45-15-5-6-16-45)25-51-53-52-26-36-28(2)38(50-4)14-20-48(36)24-40-42-32-12-10-30(22-34(32)44-40)46-17-7-8-18-46/h5-22H,23-26H2,1-4H3,(H,41,43)(H,42,44)/q+2. The largest absolute Gasteiger partial charge is 0.496 e. The molecule has 8 aromatic rings. The summed E-state index contributed by atoms with van der Waals surface area (Å²) in [4.78, 5) is 17.0. The number of benzene rings is 2. The van der Waals surface area contributed by atoms with Crippen molar-refractivity contribution in [3.05, 3.63) is 144 Å². The molecule has 0 saturated carbocycles. The number of ether oxygens (including phenoxy) is 2. The molecule has 13 heteroatoms. The Morgan fingerprint density at radius 1 is 0.623 bits per heavy atom. The lowest BCUT2D eigenvalue weighted by Crippen LogP contribution is -2.39. The van der Waals surface area contributed by atoms with E-state index in [2.05, 4.69) is 90.9 Å². The molecule has 0 radical (unpaired) electrons. The molecule has 0 aliphatic rings. The lowest BCUT2D eigenvalue weighted by Gasteiger charge is -2.11. The third-order valence-corrected chi connectivity index (χ3v) is 13.5. The van der Waals surface area contributed by atoms with Gasteiger partial charge in [0, 0.05) is 48.3 Å². The number of methoxy groups -OCH3 is 2. The number of aromatic amines is 2. The maximum absolute atomic E-state index is 5.73. The van der Waals surface area contributed by atoms with Crippen molar-refractivity contribution in [2.75, 3.05) is 14.2 Å². The molecule has 0 fully saturated rings. The summed E-state index contributed by atoms with van der Waals surface area (Å²) in [5.74, 6) is 5.21. The lowest BCUT2D eigenvalue weighted by atomic mass is 10.2. The first-order valence-electron chi connectivity index (χ1n) is 17.2. The van der Waals surface area contributed by atoms with Crippen molar-refractivity contribution in [1.29, 1.82) is 0 Å². The van der Waals surface area contributed by atoms with Crippen LogP contribution in [0.3, 0.4) is 0 Å². The zero-order chi connectivity index (χ0) is 36.3. The molecule has 0 bridgehead atoms. The molecule has 0 unspecified atom stereocenters. The molecule has 2 N–H and O–H groups in total. The molecule has 0 aliphatic carbocycles. The Hall–Kier alpha value is -5.11. The highest BCUT2D eigenvalue weighted by Crippen LogP contribution is 2.40. The third kappa shape index (κ3) is 7.41. The molecule has 0 atom stereocenters. The van der Waals surface area contributed by atoms with E-state index in [4.69, 9.17) is 19.4 Å².